The van der Waals surface area contributed by atoms with Crippen LogP contribution < -0.4 is 4.74 Å². The molecular weight excluding hydrogens is 609 g/mol. The Morgan fingerprint density at radius 1 is 1.06 bits per heavy atom. The third-order valence-corrected chi connectivity index (χ3v) is 9.12. The fourth-order valence-corrected chi connectivity index (χ4v) is 6.88. The van der Waals surface area contributed by atoms with Gasteiger partial charge in [0.05, 0.1) is 41.0 Å². The number of fused-ring (bicyclic) bond motifs is 3. The van der Waals surface area contributed by atoms with Crippen LogP contribution in [0.2, 0.25) is 0 Å². The first kappa shape index (κ1) is 31.5. The van der Waals surface area contributed by atoms with Crippen molar-refractivity contribution >= 4 is 27.9 Å². The van der Waals surface area contributed by atoms with E-state index in [1.807, 2.05) is 93.6 Å². The molecule has 1 aliphatic rings. The van der Waals surface area contributed by atoms with E-state index in [1.165, 1.54) is 6.07 Å². The largest absolute Gasteiger partial charge is 0.490 e. The summed E-state index contributed by atoms with van der Waals surface area (Å²) in [6.07, 6.45) is 1.92. The van der Waals surface area contributed by atoms with Crippen molar-refractivity contribution in [3.05, 3.63) is 82.9 Å². The summed E-state index contributed by atoms with van der Waals surface area (Å²) >= 11 is 0. The van der Waals surface area contributed by atoms with Crippen molar-refractivity contribution in [3.63, 3.8) is 0 Å². The van der Waals surface area contributed by atoms with Gasteiger partial charge in [0.2, 0.25) is 0 Å². The molecule has 0 aliphatic carbocycles. The normalized spacial score (nSPS) is 13.9. The van der Waals surface area contributed by atoms with Gasteiger partial charge in [-0.1, -0.05) is 12.1 Å². The molecule has 1 atom stereocenters. The standard InChI is InChI=1S/C38H38FN5O4/c1-20-24-10-9-15-47-34(24)27(39)17-25(20)33-26-18-31(43(6)36(26)41-21(2)32(33)35(37(45)46)48-38(3,4)5)29-12-8-11-28(42-29)22-13-14-30-23(16-22)19-40-44(30)7/h8,11-14,16-19,35H,9-10,15H2,1-7H3,(H,45,46)/t35-/m0/s1. The lowest BCUT2D eigenvalue weighted by atomic mass is 9.86. The highest BCUT2D eigenvalue weighted by Crippen LogP contribution is 2.45. The second-order valence-corrected chi connectivity index (χ2v) is 13.5. The van der Waals surface area contributed by atoms with Gasteiger partial charge in [0.25, 0.3) is 0 Å². The molecule has 0 saturated carbocycles. The van der Waals surface area contributed by atoms with Crippen LogP contribution in [0.1, 0.15) is 55.7 Å². The zero-order valence-electron chi connectivity index (χ0n) is 28.2. The highest BCUT2D eigenvalue weighted by Gasteiger charge is 2.34. The average molecular weight is 648 g/mol. The van der Waals surface area contributed by atoms with Gasteiger partial charge in [-0.25, -0.2) is 19.2 Å². The summed E-state index contributed by atoms with van der Waals surface area (Å²) in [4.78, 5) is 22.9. The lowest BCUT2D eigenvalue weighted by molar-refractivity contribution is -0.160. The number of aromatic nitrogens is 5. The summed E-state index contributed by atoms with van der Waals surface area (Å²) in [5.74, 6) is -1.35. The van der Waals surface area contributed by atoms with Crippen LogP contribution in [0.25, 0.3) is 55.7 Å². The van der Waals surface area contributed by atoms with E-state index in [4.69, 9.17) is 19.4 Å². The fourth-order valence-electron chi connectivity index (χ4n) is 6.88. The van der Waals surface area contributed by atoms with E-state index < -0.39 is 23.5 Å². The summed E-state index contributed by atoms with van der Waals surface area (Å²) < 4.78 is 31.5. The third-order valence-electron chi connectivity index (χ3n) is 9.12. The zero-order valence-corrected chi connectivity index (χ0v) is 28.2. The molecule has 9 nitrogen and oxygen atoms in total. The summed E-state index contributed by atoms with van der Waals surface area (Å²) in [5.41, 5.74) is 7.82. The monoisotopic (exact) mass is 647 g/mol. The number of rotatable bonds is 6. The van der Waals surface area contributed by atoms with Crippen LogP contribution in [0, 0.1) is 19.7 Å². The van der Waals surface area contributed by atoms with Crippen LogP contribution in [-0.4, -0.2) is 47.6 Å². The Labute approximate surface area is 278 Å². The predicted octanol–water partition coefficient (Wildman–Crippen LogP) is 7.88. The number of aliphatic carboxylic acids is 1. The van der Waals surface area contributed by atoms with Gasteiger partial charge in [-0.05, 0) is 95.0 Å². The Kier molecular flexibility index (Phi) is 7.58. The first-order valence-electron chi connectivity index (χ1n) is 16.1. The number of halogens is 1. The van der Waals surface area contributed by atoms with E-state index in [2.05, 4.69) is 11.2 Å². The summed E-state index contributed by atoms with van der Waals surface area (Å²) in [6.45, 7) is 9.63. The van der Waals surface area contributed by atoms with Crippen molar-refractivity contribution < 1.29 is 23.8 Å². The summed E-state index contributed by atoms with van der Waals surface area (Å²) in [7, 11) is 3.83. The molecule has 7 rings (SSSR count). The molecule has 246 valence electrons. The van der Waals surface area contributed by atoms with Crippen molar-refractivity contribution in [3.8, 4) is 39.5 Å². The lowest BCUT2D eigenvalue weighted by Crippen LogP contribution is -2.28. The predicted molar refractivity (Wildman–Crippen MR) is 184 cm³/mol. The van der Waals surface area contributed by atoms with Gasteiger partial charge in [0.1, 0.15) is 5.65 Å². The molecule has 48 heavy (non-hydrogen) atoms. The molecule has 0 spiro atoms. The molecule has 1 N–H and O–H groups in total. The van der Waals surface area contributed by atoms with Crippen molar-refractivity contribution in [2.24, 2.45) is 14.1 Å². The number of carboxylic acid groups (broad SMARTS) is 1. The summed E-state index contributed by atoms with van der Waals surface area (Å²) in [6, 6.07) is 15.5. The molecule has 0 fully saturated rings. The topological polar surface area (TPSA) is 104 Å². The minimum Gasteiger partial charge on any atom is -0.490 e. The maximum Gasteiger partial charge on any atom is 0.337 e. The van der Waals surface area contributed by atoms with Crippen LogP contribution in [-0.2, 0) is 30.0 Å². The second kappa shape index (κ2) is 11.6. The molecule has 0 saturated heterocycles. The van der Waals surface area contributed by atoms with E-state index in [0.29, 0.717) is 52.1 Å². The van der Waals surface area contributed by atoms with Crippen molar-refractivity contribution in [2.45, 2.75) is 59.2 Å². The maximum absolute atomic E-state index is 15.8. The number of carboxylic acids is 1. The molecular formula is C38H38FN5O4. The van der Waals surface area contributed by atoms with Crippen molar-refractivity contribution in [1.82, 2.24) is 24.3 Å². The van der Waals surface area contributed by atoms with E-state index in [9.17, 15) is 9.90 Å². The van der Waals surface area contributed by atoms with Gasteiger partial charge in [-0.15, -0.1) is 0 Å². The van der Waals surface area contributed by atoms with Crippen LogP contribution in [0.3, 0.4) is 0 Å². The Hall–Kier alpha value is -5.09. The molecule has 0 amide bonds. The van der Waals surface area contributed by atoms with E-state index >= 15 is 4.39 Å². The molecule has 2 aromatic carbocycles. The number of aryl methyl sites for hydroxylation is 3. The molecule has 6 aromatic rings. The molecule has 0 bridgehead atoms. The van der Waals surface area contributed by atoms with E-state index in [1.54, 1.807) is 6.92 Å². The Bertz CT molecular complexity index is 2260. The van der Waals surface area contributed by atoms with Crippen molar-refractivity contribution in [2.75, 3.05) is 6.61 Å². The third kappa shape index (κ3) is 5.30. The SMILES string of the molecule is Cc1nc2c(cc(-c3cccc(-c4ccc5c(cnn5C)c4)n3)n2C)c(-c2cc(F)c3c(c2C)CCCO3)c1[C@H](OC(C)(C)C)C(=O)O. The molecule has 5 heterocycles. The highest BCUT2D eigenvalue weighted by molar-refractivity contribution is 6.01. The van der Waals surface area contributed by atoms with Gasteiger partial charge in [-0.2, -0.15) is 5.10 Å². The average Bonchev–Trinajstić information content (AvgIpc) is 3.59. The van der Waals surface area contributed by atoms with E-state index in [-0.39, 0.29) is 5.75 Å². The first-order chi connectivity index (χ1) is 22.8. The van der Waals surface area contributed by atoms with Crippen LogP contribution >= 0.6 is 0 Å². The van der Waals surface area contributed by atoms with Crippen LogP contribution in [0.15, 0.2) is 54.7 Å². The van der Waals surface area contributed by atoms with Crippen LogP contribution in [0.5, 0.6) is 5.75 Å². The quantitative estimate of drug-likeness (QED) is 0.196. The Balaban J connectivity index is 1.48. The van der Waals surface area contributed by atoms with Crippen LogP contribution in [0.4, 0.5) is 4.39 Å². The number of hydrogen-bond acceptors (Lipinski definition) is 6. The minimum atomic E-state index is -1.35. The molecule has 10 heteroatoms. The Morgan fingerprint density at radius 3 is 2.58 bits per heavy atom. The second-order valence-electron chi connectivity index (χ2n) is 13.5. The van der Waals surface area contributed by atoms with Gasteiger partial charge in [-0.3, -0.25) is 4.68 Å². The Morgan fingerprint density at radius 2 is 1.83 bits per heavy atom. The van der Waals surface area contributed by atoms with E-state index in [0.717, 1.165) is 45.4 Å². The molecule has 1 aliphatic heterocycles. The molecule has 4 aromatic heterocycles. The fraction of sp³-hybridized carbons (Fsp3) is 0.316. The van der Waals surface area contributed by atoms with Gasteiger partial charge >= 0.3 is 5.97 Å². The number of pyridine rings is 2. The molecule has 0 unspecified atom stereocenters. The maximum atomic E-state index is 15.8. The lowest BCUT2D eigenvalue weighted by Gasteiger charge is -2.29. The smallest absolute Gasteiger partial charge is 0.337 e. The van der Waals surface area contributed by atoms with Gasteiger partial charge < -0.3 is 19.1 Å². The van der Waals surface area contributed by atoms with Crippen molar-refractivity contribution in [1.29, 1.82) is 0 Å². The highest BCUT2D eigenvalue weighted by atomic mass is 19.1. The number of hydrogen-bond donors (Lipinski definition) is 1. The number of nitrogens with zero attached hydrogens (tertiary/aromatic N) is 5. The van der Waals surface area contributed by atoms with Gasteiger partial charge in [0.15, 0.2) is 17.7 Å². The minimum absolute atomic E-state index is 0.269. The molecule has 0 radical (unpaired) electrons. The first-order valence-corrected chi connectivity index (χ1v) is 16.1. The zero-order chi connectivity index (χ0) is 34.1. The van der Waals surface area contributed by atoms with Gasteiger partial charge in [0, 0.05) is 52.8 Å². The number of benzene rings is 2. The summed E-state index contributed by atoms with van der Waals surface area (Å²) in [5, 5.41) is 16.6. The number of ether oxygens (including phenoxy) is 2. The number of carbonyl (C=O) groups is 1.